The fourth-order valence-corrected chi connectivity index (χ4v) is 5.25. The first-order chi connectivity index (χ1) is 13.9. The van der Waals surface area contributed by atoms with Gasteiger partial charge in [0.15, 0.2) is 5.13 Å². The number of hydrogen-bond acceptors (Lipinski definition) is 4. The SMILES string of the molecule is Cc1cc(C)c2nc(N(CCN(C)C)C(=O)c3ccc4c(c3)CCCC4)sc2c1. The van der Waals surface area contributed by atoms with E-state index in [1.807, 2.05) is 25.1 Å². The van der Waals surface area contributed by atoms with Crippen LogP contribution in [0.15, 0.2) is 30.3 Å². The number of carbonyl (C=O) groups excluding carboxylic acids is 1. The Balaban J connectivity index is 1.72. The van der Waals surface area contributed by atoms with Gasteiger partial charge in [0.05, 0.1) is 10.2 Å². The number of nitrogens with zero attached hydrogens (tertiary/aromatic N) is 3. The van der Waals surface area contributed by atoms with E-state index in [-0.39, 0.29) is 5.91 Å². The van der Waals surface area contributed by atoms with E-state index in [1.165, 1.54) is 29.5 Å². The second-order valence-electron chi connectivity index (χ2n) is 8.38. The first kappa shape index (κ1) is 20.0. The number of thiazole rings is 1. The van der Waals surface area contributed by atoms with E-state index >= 15 is 0 Å². The number of rotatable bonds is 5. The Bertz CT molecular complexity index is 1050. The second kappa shape index (κ2) is 8.25. The number of anilines is 1. The third-order valence-electron chi connectivity index (χ3n) is 5.66. The molecular formula is C24H29N3OS. The topological polar surface area (TPSA) is 36.4 Å². The Morgan fingerprint density at radius 1 is 1.03 bits per heavy atom. The summed E-state index contributed by atoms with van der Waals surface area (Å²) in [5.74, 6) is 0.0497. The summed E-state index contributed by atoms with van der Waals surface area (Å²) >= 11 is 1.61. The van der Waals surface area contributed by atoms with E-state index in [4.69, 9.17) is 4.98 Å². The number of likely N-dealkylation sites (N-methyl/N-ethyl adjacent to an activating group) is 1. The molecule has 0 radical (unpaired) electrons. The van der Waals surface area contributed by atoms with Crippen molar-refractivity contribution in [3.8, 4) is 0 Å². The largest absolute Gasteiger partial charge is 0.308 e. The number of carbonyl (C=O) groups is 1. The molecule has 0 unspecified atom stereocenters. The Labute approximate surface area is 177 Å². The van der Waals surface area contributed by atoms with Crippen LogP contribution in [-0.4, -0.2) is 43.0 Å². The molecule has 0 saturated heterocycles. The van der Waals surface area contributed by atoms with Gasteiger partial charge in [0.25, 0.3) is 5.91 Å². The fraction of sp³-hybridized carbons (Fsp3) is 0.417. The monoisotopic (exact) mass is 407 g/mol. The fourth-order valence-electron chi connectivity index (χ4n) is 4.08. The number of hydrogen-bond donors (Lipinski definition) is 0. The highest BCUT2D eigenvalue weighted by molar-refractivity contribution is 7.22. The molecule has 4 nitrogen and oxygen atoms in total. The second-order valence-corrected chi connectivity index (χ2v) is 9.38. The molecular weight excluding hydrogens is 378 g/mol. The highest BCUT2D eigenvalue weighted by atomic mass is 32.1. The molecule has 5 heteroatoms. The van der Waals surface area contributed by atoms with E-state index in [0.717, 1.165) is 45.9 Å². The minimum absolute atomic E-state index is 0.0497. The Morgan fingerprint density at radius 2 is 1.79 bits per heavy atom. The number of fused-ring (bicyclic) bond motifs is 2. The van der Waals surface area contributed by atoms with Crippen LogP contribution in [0.2, 0.25) is 0 Å². The van der Waals surface area contributed by atoms with Gasteiger partial charge in [-0.2, -0.15) is 0 Å². The van der Waals surface area contributed by atoms with Crippen molar-refractivity contribution < 1.29 is 4.79 Å². The lowest BCUT2D eigenvalue weighted by Crippen LogP contribution is -2.36. The van der Waals surface area contributed by atoms with Gasteiger partial charge in [-0.05, 0) is 94.1 Å². The van der Waals surface area contributed by atoms with E-state index in [0.29, 0.717) is 6.54 Å². The van der Waals surface area contributed by atoms with Gasteiger partial charge in [-0.3, -0.25) is 9.69 Å². The van der Waals surface area contributed by atoms with E-state index in [9.17, 15) is 4.79 Å². The number of amides is 1. The molecule has 0 atom stereocenters. The molecule has 3 aromatic rings. The smallest absolute Gasteiger partial charge is 0.260 e. The molecule has 4 rings (SSSR count). The first-order valence-corrected chi connectivity index (χ1v) is 11.2. The maximum absolute atomic E-state index is 13.5. The van der Waals surface area contributed by atoms with Gasteiger partial charge in [-0.1, -0.05) is 23.5 Å². The van der Waals surface area contributed by atoms with Crippen LogP contribution in [0, 0.1) is 13.8 Å². The quantitative estimate of drug-likeness (QED) is 0.597. The summed E-state index contributed by atoms with van der Waals surface area (Å²) in [4.78, 5) is 22.4. The van der Waals surface area contributed by atoms with Crippen molar-refractivity contribution >= 4 is 32.6 Å². The van der Waals surface area contributed by atoms with E-state index in [2.05, 4.69) is 43.0 Å². The van der Waals surface area contributed by atoms with Gasteiger partial charge in [-0.25, -0.2) is 4.98 Å². The van der Waals surface area contributed by atoms with Gasteiger partial charge < -0.3 is 4.90 Å². The third kappa shape index (κ3) is 4.21. The zero-order valence-electron chi connectivity index (χ0n) is 17.8. The zero-order chi connectivity index (χ0) is 20.5. The predicted octanol–water partition coefficient (Wildman–Crippen LogP) is 5.00. The molecule has 0 fully saturated rings. The van der Waals surface area contributed by atoms with Crippen molar-refractivity contribution in [3.05, 3.63) is 58.1 Å². The molecule has 1 heterocycles. The van der Waals surface area contributed by atoms with Crippen LogP contribution < -0.4 is 4.90 Å². The standard InChI is InChI=1S/C24H29N3OS/c1-16-13-17(2)22-21(14-16)29-24(25-22)27(12-11-26(3)4)23(28)20-10-9-18-7-5-6-8-19(18)15-20/h9-10,13-15H,5-8,11-12H2,1-4H3. The van der Waals surface area contributed by atoms with Crippen molar-refractivity contribution in [2.45, 2.75) is 39.5 Å². The molecule has 1 aliphatic rings. The first-order valence-electron chi connectivity index (χ1n) is 10.4. The van der Waals surface area contributed by atoms with Crippen molar-refractivity contribution in [2.24, 2.45) is 0 Å². The number of benzene rings is 2. The average Bonchev–Trinajstić information content (AvgIpc) is 3.11. The molecule has 0 spiro atoms. The minimum atomic E-state index is 0.0497. The molecule has 29 heavy (non-hydrogen) atoms. The maximum Gasteiger partial charge on any atom is 0.260 e. The van der Waals surface area contributed by atoms with Crippen molar-refractivity contribution in [1.29, 1.82) is 0 Å². The summed E-state index contributed by atoms with van der Waals surface area (Å²) in [5, 5.41) is 0.790. The van der Waals surface area contributed by atoms with Gasteiger partial charge in [0.2, 0.25) is 0 Å². The van der Waals surface area contributed by atoms with Crippen molar-refractivity contribution in [3.63, 3.8) is 0 Å². The lowest BCUT2D eigenvalue weighted by atomic mass is 9.90. The number of aromatic nitrogens is 1. The summed E-state index contributed by atoms with van der Waals surface area (Å²) in [5.41, 5.74) is 6.91. The average molecular weight is 408 g/mol. The normalized spacial score (nSPS) is 13.7. The lowest BCUT2D eigenvalue weighted by Gasteiger charge is -2.23. The van der Waals surface area contributed by atoms with Gasteiger partial charge >= 0.3 is 0 Å². The van der Waals surface area contributed by atoms with Crippen LogP contribution in [-0.2, 0) is 12.8 Å². The van der Waals surface area contributed by atoms with Crippen molar-refractivity contribution in [1.82, 2.24) is 9.88 Å². The summed E-state index contributed by atoms with van der Waals surface area (Å²) < 4.78 is 1.14. The summed E-state index contributed by atoms with van der Waals surface area (Å²) in [6.45, 7) is 5.62. The van der Waals surface area contributed by atoms with Gasteiger partial charge in [-0.15, -0.1) is 0 Å². The summed E-state index contributed by atoms with van der Waals surface area (Å²) in [6, 6.07) is 10.6. The number of aryl methyl sites for hydroxylation is 4. The molecule has 1 aliphatic carbocycles. The minimum Gasteiger partial charge on any atom is -0.308 e. The highest BCUT2D eigenvalue weighted by Gasteiger charge is 2.23. The van der Waals surface area contributed by atoms with E-state index in [1.54, 1.807) is 11.3 Å². The Morgan fingerprint density at radius 3 is 2.55 bits per heavy atom. The van der Waals surface area contributed by atoms with Gasteiger partial charge in [0.1, 0.15) is 0 Å². The molecule has 0 bridgehead atoms. The van der Waals surface area contributed by atoms with Crippen LogP contribution >= 0.6 is 11.3 Å². The molecule has 0 saturated carbocycles. The Kier molecular flexibility index (Phi) is 5.70. The Hall–Kier alpha value is -2.24. The van der Waals surface area contributed by atoms with E-state index < -0.39 is 0 Å². The van der Waals surface area contributed by atoms with Gasteiger partial charge in [0, 0.05) is 18.7 Å². The zero-order valence-corrected chi connectivity index (χ0v) is 18.6. The third-order valence-corrected chi connectivity index (χ3v) is 6.69. The summed E-state index contributed by atoms with van der Waals surface area (Å²) in [6.07, 6.45) is 4.67. The predicted molar refractivity (Wildman–Crippen MR) is 122 cm³/mol. The maximum atomic E-state index is 13.5. The lowest BCUT2D eigenvalue weighted by molar-refractivity contribution is 0.0985. The van der Waals surface area contributed by atoms with Crippen LogP contribution in [0.5, 0.6) is 0 Å². The molecule has 0 N–H and O–H groups in total. The molecule has 1 aromatic heterocycles. The summed E-state index contributed by atoms with van der Waals surface area (Å²) in [7, 11) is 4.07. The van der Waals surface area contributed by atoms with Crippen LogP contribution in [0.4, 0.5) is 5.13 Å². The van der Waals surface area contributed by atoms with Crippen LogP contribution in [0.25, 0.3) is 10.2 Å². The molecule has 1 amide bonds. The van der Waals surface area contributed by atoms with Crippen LogP contribution in [0.3, 0.4) is 0 Å². The molecule has 152 valence electrons. The van der Waals surface area contributed by atoms with Crippen LogP contribution in [0.1, 0.15) is 45.5 Å². The molecule has 0 aliphatic heterocycles. The highest BCUT2D eigenvalue weighted by Crippen LogP contribution is 2.33. The molecule has 2 aromatic carbocycles. The van der Waals surface area contributed by atoms with Crippen molar-refractivity contribution in [2.75, 3.05) is 32.1 Å².